The SMILES string of the molecule is OCC#Cc1ccc(COCC2CCOC2)c(F)c1. The van der Waals surface area contributed by atoms with E-state index < -0.39 is 0 Å². The van der Waals surface area contributed by atoms with Crippen molar-refractivity contribution in [1.82, 2.24) is 0 Å². The van der Waals surface area contributed by atoms with Crippen molar-refractivity contribution in [3.63, 3.8) is 0 Å². The van der Waals surface area contributed by atoms with Gasteiger partial charge in [-0.05, 0) is 18.6 Å². The maximum atomic E-state index is 13.7. The quantitative estimate of drug-likeness (QED) is 0.842. The number of hydrogen-bond acceptors (Lipinski definition) is 3. The molecular formula is C15H17FO3. The third-order valence-corrected chi connectivity index (χ3v) is 3.00. The molecule has 1 unspecified atom stereocenters. The first-order valence-electron chi connectivity index (χ1n) is 6.33. The van der Waals surface area contributed by atoms with E-state index in [0.717, 1.165) is 19.6 Å². The summed E-state index contributed by atoms with van der Waals surface area (Å²) in [6.07, 6.45) is 1.01. The molecule has 0 aliphatic carbocycles. The highest BCUT2D eigenvalue weighted by Crippen LogP contribution is 2.15. The molecule has 1 aromatic carbocycles. The van der Waals surface area contributed by atoms with Gasteiger partial charge in [0.1, 0.15) is 12.4 Å². The highest BCUT2D eigenvalue weighted by Gasteiger charge is 2.15. The zero-order chi connectivity index (χ0) is 13.5. The predicted molar refractivity (Wildman–Crippen MR) is 68.9 cm³/mol. The Morgan fingerprint density at radius 1 is 1.47 bits per heavy atom. The van der Waals surface area contributed by atoms with Crippen molar-refractivity contribution in [2.45, 2.75) is 13.0 Å². The average molecular weight is 264 g/mol. The van der Waals surface area contributed by atoms with Crippen LogP contribution < -0.4 is 0 Å². The second-order valence-corrected chi connectivity index (χ2v) is 4.51. The molecule has 1 saturated heterocycles. The smallest absolute Gasteiger partial charge is 0.129 e. The van der Waals surface area contributed by atoms with Gasteiger partial charge in [-0.2, -0.15) is 0 Å². The van der Waals surface area contributed by atoms with E-state index in [2.05, 4.69) is 11.8 Å². The molecule has 0 saturated carbocycles. The van der Waals surface area contributed by atoms with Crippen LogP contribution in [0.5, 0.6) is 0 Å². The Morgan fingerprint density at radius 3 is 3.05 bits per heavy atom. The van der Waals surface area contributed by atoms with Gasteiger partial charge in [0.25, 0.3) is 0 Å². The molecule has 4 heteroatoms. The molecule has 102 valence electrons. The Bertz CT molecular complexity index is 470. The molecule has 0 radical (unpaired) electrons. The van der Waals surface area contributed by atoms with Gasteiger partial charge >= 0.3 is 0 Å². The molecule has 2 rings (SSSR count). The normalized spacial score (nSPS) is 18.1. The Kier molecular flexibility index (Phi) is 5.34. The average Bonchev–Trinajstić information content (AvgIpc) is 2.92. The van der Waals surface area contributed by atoms with Gasteiger partial charge in [-0.25, -0.2) is 4.39 Å². The molecule has 1 aromatic rings. The summed E-state index contributed by atoms with van der Waals surface area (Å²) in [5.74, 6) is 5.25. The Morgan fingerprint density at radius 2 is 2.37 bits per heavy atom. The number of benzene rings is 1. The van der Waals surface area contributed by atoms with Crippen LogP contribution in [0.4, 0.5) is 4.39 Å². The minimum Gasteiger partial charge on any atom is -0.384 e. The number of hydrogen-bond donors (Lipinski definition) is 1. The molecular weight excluding hydrogens is 247 g/mol. The molecule has 3 nitrogen and oxygen atoms in total. The molecule has 1 atom stereocenters. The lowest BCUT2D eigenvalue weighted by molar-refractivity contribution is 0.0775. The molecule has 1 heterocycles. The number of rotatable bonds is 4. The summed E-state index contributed by atoms with van der Waals surface area (Å²) in [6, 6.07) is 4.75. The number of aliphatic hydroxyl groups excluding tert-OH is 1. The van der Waals surface area contributed by atoms with Crippen molar-refractivity contribution in [2.75, 3.05) is 26.4 Å². The van der Waals surface area contributed by atoms with Crippen molar-refractivity contribution in [1.29, 1.82) is 0 Å². The lowest BCUT2D eigenvalue weighted by Gasteiger charge is -2.09. The zero-order valence-electron chi connectivity index (χ0n) is 10.7. The summed E-state index contributed by atoms with van der Waals surface area (Å²) in [6.45, 7) is 2.16. The van der Waals surface area contributed by atoms with Crippen molar-refractivity contribution in [3.8, 4) is 11.8 Å². The van der Waals surface area contributed by atoms with Crippen LogP contribution in [-0.2, 0) is 16.1 Å². The predicted octanol–water partition coefficient (Wildman–Crippen LogP) is 1.72. The first kappa shape index (κ1) is 14.0. The summed E-state index contributed by atoms with van der Waals surface area (Å²) in [4.78, 5) is 0. The topological polar surface area (TPSA) is 38.7 Å². The number of halogens is 1. The zero-order valence-corrected chi connectivity index (χ0v) is 10.7. The second kappa shape index (κ2) is 7.25. The lowest BCUT2D eigenvalue weighted by atomic mass is 10.1. The van der Waals surface area contributed by atoms with Crippen molar-refractivity contribution < 1.29 is 19.0 Å². The fourth-order valence-electron chi connectivity index (χ4n) is 1.93. The van der Waals surface area contributed by atoms with E-state index in [1.165, 1.54) is 6.07 Å². The minimum absolute atomic E-state index is 0.226. The van der Waals surface area contributed by atoms with E-state index >= 15 is 0 Å². The summed E-state index contributed by atoms with van der Waals surface area (Å²) in [5, 5.41) is 8.57. The summed E-state index contributed by atoms with van der Waals surface area (Å²) >= 11 is 0. The maximum Gasteiger partial charge on any atom is 0.129 e. The number of ether oxygens (including phenoxy) is 2. The fourth-order valence-corrected chi connectivity index (χ4v) is 1.93. The molecule has 1 N–H and O–H groups in total. The van der Waals surface area contributed by atoms with E-state index in [4.69, 9.17) is 14.6 Å². The molecule has 0 spiro atoms. The summed E-state index contributed by atoms with van der Waals surface area (Å²) in [5.41, 5.74) is 1.08. The van der Waals surface area contributed by atoms with Crippen LogP contribution in [0, 0.1) is 23.6 Å². The van der Waals surface area contributed by atoms with Gasteiger partial charge in [0, 0.05) is 23.7 Å². The Hall–Kier alpha value is -1.41. The minimum atomic E-state index is -0.326. The van der Waals surface area contributed by atoms with Crippen LogP contribution in [0.1, 0.15) is 17.5 Å². The molecule has 1 aliphatic heterocycles. The van der Waals surface area contributed by atoms with Gasteiger partial charge in [-0.15, -0.1) is 0 Å². The highest BCUT2D eigenvalue weighted by molar-refractivity contribution is 5.36. The van der Waals surface area contributed by atoms with Crippen molar-refractivity contribution >= 4 is 0 Å². The van der Waals surface area contributed by atoms with Gasteiger partial charge in [0.15, 0.2) is 0 Å². The third-order valence-electron chi connectivity index (χ3n) is 3.00. The van der Waals surface area contributed by atoms with E-state index in [0.29, 0.717) is 23.7 Å². The first-order chi connectivity index (χ1) is 9.29. The molecule has 1 aliphatic rings. The van der Waals surface area contributed by atoms with Crippen molar-refractivity contribution in [2.24, 2.45) is 5.92 Å². The van der Waals surface area contributed by atoms with Gasteiger partial charge < -0.3 is 14.6 Å². The molecule has 0 bridgehead atoms. The van der Waals surface area contributed by atoms with Crippen LogP contribution in [-0.4, -0.2) is 31.5 Å². The van der Waals surface area contributed by atoms with E-state index in [1.54, 1.807) is 12.1 Å². The van der Waals surface area contributed by atoms with Crippen LogP contribution in [0.2, 0.25) is 0 Å². The first-order valence-corrected chi connectivity index (χ1v) is 6.33. The monoisotopic (exact) mass is 264 g/mol. The number of aliphatic hydroxyl groups is 1. The van der Waals surface area contributed by atoms with Crippen LogP contribution in [0.3, 0.4) is 0 Å². The van der Waals surface area contributed by atoms with Gasteiger partial charge in [-0.3, -0.25) is 0 Å². The van der Waals surface area contributed by atoms with Crippen LogP contribution in [0.15, 0.2) is 18.2 Å². The lowest BCUT2D eigenvalue weighted by Crippen LogP contribution is -2.09. The second-order valence-electron chi connectivity index (χ2n) is 4.51. The maximum absolute atomic E-state index is 13.7. The summed E-state index contributed by atoms with van der Waals surface area (Å²) in [7, 11) is 0. The summed E-state index contributed by atoms with van der Waals surface area (Å²) < 4.78 is 24.5. The Balaban J connectivity index is 1.86. The van der Waals surface area contributed by atoms with E-state index in [9.17, 15) is 4.39 Å². The van der Waals surface area contributed by atoms with Crippen LogP contribution in [0.25, 0.3) is 0 Å². The molecule has 1 fully saturated rings. The molecule has 19 heavy (non-hydrogen) atoms. The highest BCUT2D eigenvalue weighted by atomic mass is 19.1. The van der Waals surface area contributed by atoms with Crippen LogP contribution >= 0.6 is 0 Å². The standard InChI is InChI=1S/C15H17FO3/c16-15-8-12(2-1-6-17)3-4-14(15)11-19-10-13-5-7-18-9-13/h3-4,8,13,17H,5-7,9-11H2. The van der Waals surface area contributed by atoms with E-state index in [1.807, 2.05) is 0 Å². The van der Waals surface area contributed by atoms with Crippen molar-refractivity contribution in [3.05, 3.63) is 35.1 Å². The van der Waals surface area contributed by atoms with Gasteiger partial charge in [0.05, 0.1) is 19.8 Å². The van der Waals surface area contributed by atoms with E-state index in [-0.39, 0.29) is 19.0 Å². The molecule has 0 aromatic heterocycles. The third kappa shape index (κ3) is 4.32. The molecule has 0 amide bonds. The van der Waals surface area contributed by atoms with Gasteiger partial charge in [-0.1, -0.05) is 17.9 Å². The Labute approximate surface area is 112 Å². The van der Waals surface area contributed by atoms with Gasteiger partial charge in [0.2, 0.25) is 0 Å². The fraction of sp³-hybridized carbons (Fsp3) is 0.467. The largest absolute Gasteiger partial charge is 0.384 e.